The standard InChI is InChI=1S/C11H23NO2/c1-8(2)12-9(3)10(13)14-7-11(4,5)6/h8-9,12H,7H2,1-6H3. The van der Waals surface area contributed by atoms with Crippen molar-refractivity contribution in [2.45, 2.75) is 53.6 Å². The van der Waals surface area contributed by atoms with Gasteiger partial charge in [-0.1, -0.05) is 34.6 Å². The molecule has 0 aliphatic heterocycles. The van der Waals surface area contributed by atoms with Gasteiger partial charge in [0, 0.05) is 6.04 Å². The van der Waals surface area contributed by atoms with Gasteiger partial charge >= 0.3 is 5.97 Å². The van der Waals surface area contributed by atoms with Crippen molar-refractivity contribution in [1.82, 2.24) is 5.32 Å². The number of carbonyl (C=O) groups is 1. The van der Waals surface area contributed by atoms with Crippen LogP contribution >= 0.6 is 0 Å². The van der Waals surface area contributed by atoms with Crippen molar-refractivity contribution in [2.24, 2.45) is 5.41 Å². The molecule has 3 nitrogen and oxygen atoms in total. The van der Waals surface area contributed by atoms with Crippen LogP contribution in [0.5, 0.6) is 0 Å². The molecular formula is C11H23NO2. The molecule has 1 unspecified atom stereocenters. The fraction of sp³-hybridized carbons (Fsp3) is 0.909. The number of esters is 1. The van der Waals surface area contributed by atoms with E-state index in [4.69, 9.17) is 4.74 Å². The molecule has 0 aliphatic rings. The van der Waals surface area contributed by atoms with Crippen molar-refractivity contribution in [3.05, 3.63) is 0 Å². The van der Waals surface area contributed by atoms with Gasteiger partial charge in [0.15, 0.2) is 0 Å². The number of ether oxygens (including phenoxy) is 1. The van der Waals surface area contributed by atoms with Crippen molar-refractivity contribution < 1.29 is 9.53 Å². The summed E-state index contributed by atoms with van der Waals surface area (Å²) in [5.74, 6) is -0.173. The number of hydrogen-bond acceptors (Lipinski definition) is 3. The molecule has 84 valence electrons. The van der Waals surface area contributed by atoms with E-state index in [0.29, 0.717) is 12.6 Å². The first-order valence-electron chi connectivity index (χ1n) is 5.15. The topological polar surface area (TPSA) is 38.3 Å². The molecule has 3 heteroatoms. The zero-order valence-electron chi connectivity index (χ0n) is 10.2. The molecule has 0 aromatic heterocycles. The molecule has 0 saturated heterocycles. The number of nitrogens with one attached hydrogen (secondary N) is 1. The maximum Gasteiger partial charge on any atom is 0.322 e. The lowest BCUT2D eigenvalue weighted by Crippen LogP contribution is -2.40. The van der Waals surface area contributed by atoms with E-state index in [1.807, 2.05) is 41.5 Å². The van der Waals surface area contributed by atoms with Gasteiger partial charge in [0.1, 0.15) is 6.04 Å². The number of hydrogen-bond donors (Lipinski definition) is 1. The van der Waals surface area contributed by atoms with Crippen LogP contribution in [0.3, 0.4) is 0 Å². The molecule has 0 aliphatic carbocycles. The lowest BCUT2D eigenvalue weighted by Gasteiger charge is -2.21. The van der Waals surface area contributed by atoms with Crippen molar-refractivity contribution in [3.8, 4) is 0 Å². The summed E-state index contributed by atoms with van der Waals surface area (Å²) < 4.78 is 5.17. The summed E-state index contributed by atoms with van der Waals surface area (Å²) in [6.07, 6.45) is 0. The SMILES string of the molecule is CC(C)NC(C)C(=O)OCC(C)(C)C. The van der Waals surface area contributed by atoms with Gasteiger partial charge in [0.25, 0.3) is 0 Å². The van der Waals surface area contributed by atoms with E-state index >= 15 is 0 Å². The maximum absolute atomic E-state index is 11.4. The van der Waals surface area contributed by atoms with E-state index in [-0.39, 0.29) is 17.4 Å². The molecule has 0 bridgehead atoms. The fourth-order valence-corrected chi connectivity index (χ4v) is 0.981. The molecule has 0 aromatic carbocycles. The highest BCUT2D eigenvalue weighted by molar-refractivity contribution is 5.75. The molecule has 1 atom stereocenters. The van der Waals surface area contributed by atoms with Gasteiger partial charge < -0.3 is 10.1 Å². The molecule has 0 radical (unpaired) electrons. The third-order valence-electron chi connectivity index (χ3n) is 1.58. The molecule has 0 amide bonds. The minimum Gasteiger partial charge on any atom is -0.464 e. The van der Waals surface area contributed by atoms with Crippen molar-refractivity contribution in [3.63, 3.8) is 0 Å². The van der Waals surface area contributed by atoms with E-state index in [1.165, 1.54) is 0 Å². The van der Waals surface area contributed by atoms with E-state index in [0.717, 1.165) is 0 Å². The largest absolute Gasteiger partial charge is 0.464 e. The van der Waals surface area contributed by atoms with Crippen LogP contribution < -0.4 is 5.32 Å². The van der Waals surface area contributed by atoms with Gasteiger partial charge in [-0.15, -0.1) is 0 Å². The van der Waals surface area contributed by atoms with E-state index in [9.17, 15) is 4.79 Å². The molecule has 0 spiro atoms. The normalized spacial score (nSPS) is 14.2. The summed E-state index contributed by atoms with van der Waals surface area (Å²) in [6, 6.07) is 0.0736. The molecule has 0 heterocycles. The lowest BCUT2D eigenvalue weighted by atomic mass is 9.99. The highest BCUT2D eigenvalue weighted by atomic mass is 16.5. The Labute approximate surface area is 87.2 Å². The first-order valence-corrected chi connectivity index (χ1v) is 5.15. The summed E-state index contributed by atoms with van der Waals surface area (Å²) in [5.41, 5.74) is 0.0349. The van der Waals surface area contributed by atoms with Crippen LogP contribution in [0.25, 0.3) is 0 Å². The Morgan fingerprint density at radius 2 is 1.79 bits per heavy atom. The predicted molar refractivity (Wildman–Crippen MR) is 58.1 cm³/mol. The zero-order chi connectivity index (χ0) is 11.4. The van der Waals surface area contributed by atoms with Gasteiger partial charge in [-0.3, -0.25) is 4.79 Å². The van der Waals surface area contributed by atoms with Gasteiger partial charge in [-0.2, -0.15) is 0 Å². The maximum atomic E-state index is 11.4. The van der Waals surface area contributed by atoms with Crippen LogP contribution in [0.2, 0.25) is 0 Å². The molecule has 0 saturated carbocycles. The van der Waals surface area contributed by atoms with Crippen molar-refractivity contribution >= 4 is 5.97 Å². The van der Waals surface area contributed by atoms with Crippen molar-refractivity contribution in [2.75, 3.05) is 6.61 Å². The van der Waals surface area contributed by atoms with Gasteiger partial charge in [0.2, 0.25) is 0 Å². The van der Waals surface area contributed by atoms with Crippen LogP contribution in [0.1, 0.15) is 41.5 Å². The smallest absolute Gasteiger partial charge is 0.322 e. The molecule has 0 fully saturated rings. The van der Waals surface area contributed by atoms with Gasteiger partial charge in [-0.05, 0) is 12.3 Å². The number of carbonyl (C=O) groups excluding carboxylic acids is 1. The Balaban J connectivity index is 3.85. The molecule has 0 rings (SSSR count). The van der Waals surface area contributed by atoms with Gasteiger partial charge in [0.05, 0.1) is 6.61 Å². The van der Waals surface area contributed by atoms with E-state index in [1.54, 1.807) is 0 Å². The summed E-state index contributed by atoms with van der Waals surface area (Å²) >= 11 is 0. The zero-order valence-corrected chi connectivity index (χ0v) is 10.2. The van der Waals surface area contributed by atoms with E-state index in [2.05, 4.69) is 5.32 Å². The molecule has 0 aromatic rings. The second kappa shape index (κ2) is 5.35. The van der Waals surface area contributed by atoms with E-state index < -0.39 is 0 Å². The highest BCUT2D eigenvalue weighted by Crippen LogP contribution is 2.13. The number of rotatable bonds is 4. The Morgan fingerprint density at radius 3 is 2.14 bits per heavy atom. The summed E-state index contributed by atoms with van der Waals surface area (Å²) in [5, 5.41) is 3.10. The van der Waals surface area contributed by atoms with Crippen LogP contribution in [0, 0.1) is 5.41 Å². The third kappa shape index (κ3) is 6.89. The molecule has 14 heavy (non-hydrogen) atoms. The van der Waals surface area contributed by atoms with Crippen LogP contribution in [-0.4, -0.2) is 24.7 Å². The minimum absolute atomic E-state index is 0.0349. The lowest BCUT2D eigenvalue weighted by molar-refractivity contribution is -0.148. The van der Waals surface area contributed by atoms with Crippen LogP contribution in [0.4, 0.5) is 0 Å². The van der Waals surface area contributed by atoms with Crippen molar-refractivity contribution in [1.29, 1.82) is 0 Å². The fourth-order valence-electron chi connectivity index (χ4n) is 0.981. The monoisotopic (exact) mass is 201 g/mol. The minimum atomic E-state index is -0.225. The van der Waals surface area contributed by atoms with Crippen LogP contribution in [-0.2, 0) is 9.53 Å². The Kier molecular flexibility index (Phi) is 5.13. The molecule has 1 N–H and O–H groups in total. The van der Waals surface area contributed by atoms with Crippen LogP contribution in [0.15, 0.2) is 0 Å². The van der Waals surface area contributed by atoms with Gasteiger partial charge in [-0.25, -0.2) is 0 Å². The summed E-state index contributed by atoms with van der Waals surface area (Å²) in [6.45, 7) is 12.4. The second-order valence-corrected chi connectivity index (χ2v) is 5.21. The third-order valence-corrected chi connectivity index (χ3v) is 1.58. The Hall–Kier alpha value is -0.570. The quantitative estimate of drug-likeness (QED) is 0.707. The average Bonchev–Trinajstić information content (AvgIpc) is 1.97. The first-order chi connectivity index (χ1) is 6.22. The second-order valence-electron chi connectivity index (χ2n) is 5.21. The molecular weight excluding hydrogens is 178 g/mol. The Bertz CT molecular complexity index is 182. The Morgan fingerprint density at radius 1 is 1.29 bits per heavy atom. The highest BCUT2D eigenvalue weighted by Gasteiger charge is 2.18. The summed E-state index contributed by atoms with van der Waals surface area (Å²) in [7, 11) is 0. The first kappa shape index (κ1) is 13.4. The predicted octanol–water partition coefficient (Wildman–Crippen LogP) is 1.96. The average molecular weight is 201 g/mol. The summed E-state index contributed by atoms with van der Waals surface area (Å²) in [4.78, 5) is 11.4.